The smallest absolute Gasteiger partial charge is 0.222 e. The molecule has 1 rings (SSSR count). The van der Waals surface area contributed by atoms with E-state index in [1.165, 1.54) is 0 Å². The van der Waals surface area contributed by atoms with Crippen molar-refractivity contribution in [3.8, 4) is 0 Å². The van der Waals surface area contributed by atoms with Crippen molar-refractivity contribution in [1.29, 1.82) is 0 Å². The van der Waals surface area contributed by atoms with Crippen LogP contribution in [0.2, 0.25) is 0 Å². The minimum absolute atomic E-state index is 0.278. The first kappa shape index (κ1) is 13.5. The third kappa shape index (κ3) is 4.10. The van der Waals surface area contributed by atoms with Crippen molar-refractivity contribution in [3.63, 3.8) is 0 Å². The molecule has 4 nitrogen and oxygen atoms in total. The van der Waals surface area contributed by atoms with E-state index >= 15 is 0 Å². The lowest BCUT2D eigenvalue weighted by atomic mass is 10.2. The fraction of sp³-hybridized carbons (Fsp3) is 0.917. The highest BCUT2D eigenvalue weighted by Crippen LogP contribution is 2.07. The number of methoxy groups -OCH3 is 1. The highest BCUT2D eigenvalue weighted by Gasteiger charge is 2.21. The van der Waals surface area contributed by atoms with Crippen LogP contribution >= 0.6 is 0 Å². The van der Waals surface area contributed by atoms with E-state index in [9.17, 15) is 4.79 Å². The van der Waals surface area contributed by atoms with Crippen LogP contribution in [-0.2, 0) is 9.53 Å². The van der Waals surface area contributed by atoms with E-state index < -0.39 is 0 Å². The van der Waals surface area contributed by atoms with Gasteiger partial charge in [0.15, 0.2) is 0 Å². The van der Waals surface area contributed by atoms with Crippen molar-refractivity contribution < 1.29 is 9.53 Å². The van der Waals surface area contributed by atoms with E-state index in [1.807, 2.05) is 4.90 Å². The Morgan fingerprint density at radius 2 is 1.88 bits per heavy atom. The molecule has 0 aromatic rings. The molecule has 1 aliphatic rings. The van der Waals surface area contributed by atoms with Crippen molar-refractivity contribution in [3.05, 3.63) is 0 Å². The van der Waals surface area contributed by atoms with Gasteiger partial charge in [-0.3, -0.25) is 9.69 Å². The summed E-state index contributed by atoms with van der Waals surface area (Å²) in [4.78, 5) is 16.2. The predicted octanol–water partition coefficient (Wildman–Crippen LogP) is 0.966. The van der Waals surface area contributed by atoms with Crippen molar-refractivity contribution in [2.45, 2.75) is 32.7 Å². The average molecular weight is 228 g/mol. The first-order chi connectivity index (χ1) is 7.65. The van der Waals surface area contributed by atoms with Crippen LogP contribution in [0.3, 0.4) is 0 Å². The van der Waals surface area contributed by atoms with Gasteiger partial charge in [-0.05, 0) is 20.3 Å². The summed E-state index contributed by atoms with van der Waals surface area (Å²) in [6.07, 6.45) is 1.45. The molecule has 16 heavy (non-hydrogen) atoms. The molecule has 0 aromatic carbocycles. The Bertz CT molecular complexity index is 211. The highest BCUT2D eigenvalue weighted by atomic mass is 16.5. The van der Waals surface area contributed by atoms with E-state index in [0.717, 1.165) is 32.6 Å². The zero-order valence-electron chi connectivity index (χ0n) is 10.7. The maximum atomic E-state index is 11.8. The van der Waals surface area contributed by atoms with Crippen molar-refractivity contribution in [2.24, 2.45) is 0 Å². The van der Waals surface area contributed by atoms with E-state index in [1.54, 1.807) is 7.11 Å². The van der Waals surface area contributed by atoms with E-state index in [2.05, 4.69) is 18.7 Å². The van der Waals surface area contributed by atoms with Crippen LogP contribution in [0.4, 0.5) is 0 Å². The summed E-state index contributed by atoms with van der Waals surface area (Å²) in [5.74, 6) is 0.278. The number of hydrogen-bond donors (Lipinski definition) is 0. The summed E-state index contributed by atoms with van der Waals surface area (Å²) in [5, 5.41) is 0. The van der Waals surface area contributed by atoms with Gasteiger partial charge in [-0.15, -0.1) is 0 Å². The molecule has 0 saturated carbocycles. The quantitative estimate of drug-likeness (QED) is 0.657. The topological polar surface area (TPSA) is 32.8 Å². The Morgan fingerprint density at radius 3 is 2.38 bits per heavy atom. The van der Waals surface area contributed by atoms with Gasteiger partial charge in [0.2, 0.25) is 5.91 Å². The van der Waals surface area contributed by atoms with Crippen LogP contribution in [-0.4, -0.2) is 61.6 Å². The summed E-state index contributed by atoms with van der Waals surface area (Å²) in [6.45, 7) is 8.86. The van der Waals surface area contributed by atoms with Gasteiger partial charge in [-0.25, -0.2) is 0 Å². The molecule has 0 aromatic heterocycles. The minimum Gasteiger partial charge on any atom is -0.385 e. The summed E-state index contributed by atoms with van der Waals surface area (Å²) >= 11 is 0. The molecular weight excluding hydrogens is 204 g/mol. The van der Waals surface area contributed by atoms with Gasteiger partial charge in [-0.2, -0.15) is 0 Å². The fourth-order valence-corrected chi connectivity index (χ4v) is 2.01. The second kappa shape index (κ2) is 6.86. The molecule has 4 heteroatoms. The summed E-state index contributed by atoms with van der Waals surface area (Å²) in [6, 6.07) is 0.589. The Labute approximate surface area is 98.5 Å². The Kier molecular flexibility index (Phi) is 5.77. The molecule has 94 valence electrons. The van der Waals surface area contributed by atoms with Gasteiger partial charge in [0, 0.05) is 52.4 Å². The van der Waals surface area contributed by atoms with Crippen molar-refractivity contribution in [2.75, 3.05) is 39.9 Å². The zero-order valence-corrected chi connectivity index (χ0v) is 10.7. The SMILES string of the molecule is COCCCC(=O)N1CCN(C(C)C)CC1. The fourth-order valence-electron chi connectivity index (χ4n) is 2.01. The number of carbonyl (C=O) groups is 1. The molecule has 1 heterocycles. The van der Waals surface area contributed by atoms with Crippen LogP contribution in [0.25, 0.3) is 0 Å². The standard InChI is InChI=1S/C12H24N2O2/c1-11(2)13-6-8-14(9-7-13)12(15)5-4-10-16-3/h11H,4-10H2,1-3H3. The third-order valence-electron chi connectivity index (χ3n) is 3.14. The number of amides is 1. The second-order valence-electron chi connectivity index (χ2n) is 4.61. The van der Waals surface area contributed by atoms with Crippen LogP contribution in [0.15, 0.2) is 0 Å². The van der Waals surface area contributed by atoms with Crippen LogP contribution in [0.1, 0.15) is 26.7 Å². The van der Waals surface area contributed by atoms with Crippen LogP contribution in [0, 0.1) is 0 Å². The molecule has 0 unspecified atom stereocenters. The molecule has 0 N–H and O–H groups in total. The van der Waals surface area contributed by atoms with Crippen LogP contribution in [0.5, 0.6) is 0 Å². The first-order valence-electron chi connectivity index (χ1n) is 6.16. The lowest BCUT2D eigenvalue weighted by Crippen LogP contribution is -2.50. The summed E-state index contributed by atoms with van der Waals surface area (Å²) < 4.78 is 4.95. The van der Waals surface area contributed by atoms with Crippen LogP contribution < -0.4 is 0 Å². The normalized spacial score (nSPS) is 18.1. The van der Waals surface area contributed by atoms with E-state index in [0.29, 0.717) is 19.1 Å². The molecular formula is C12H24N2O2. The monoisotopic (exact) mass is 228 g/mol. The Morgan fingerprint density at radius 1 is 1.25 bits per heavy atom. The molecule has 0 bridgehead atoms. The molecule has 0 atom stereocenters. The van der Waals surface area contributed by atoms with E-state index in [-0.39, 0.29) is 5.91 Å². The minimum atomic E-state index is 0.278. The van der Waals surface area contributed by atoms with E-state index in [4.69, 9.17) is 4.74 Å². The zero-order chi connectivity index (χ0) is 12.0. The number of nitrogens with zero attached hydrogens (tertiary/aromatic N) is 2. The first-order valence-corrected chi connectivity index (χ1v) is 6.16. The predicted molar refractivity (Wildman–Crippen MR) is 64.4 cm³/mol. The highest BCUT2D eigenvalue weighted by molar-refractivity contribution is 5.76. The van der Waals surface area contributed by atoms with Crippen molar-refractivity contribution >= 4 is 5.91 Å². The lowest BCUT2D eigenvalue weighted by molar-refractivity contribution is -0.133. The Balaban J connectivity index is 2.22. The second-order valence-corrected chi connectivity index (χ2v) is 4.61. The number of hydrogen-bond acceptors (Lipinski definition) is 3. The molecule has 1 aliphatic heterocycles. The number of carbonyl (C=O) groups excluding carboxylic acids is 1. The lowest BCUT2D eigenvalue weighted by Gasteiger charge is -2.37. The average Bonchev–Trinajstić information content (AvgIpc) is 2.29. The number of piperazine rings is 1. The summed E-state index contributed by atoms with van der Waals surface area (Å²) in [5.41, 5.74) is 0. The molecule has 1 fully saturated rings. The van der Waals surface area contributed by atoms with Gasteiger partial charge in [0.1, 0.15) is 0 Å². The maximum Gasteiger partial charge on any atom is 0.222 e. The molecule has 0 radical (unpaired) electrons. The van der Waals surface area contributed by atoms with Crippen molar-refractivity contribution in [1.82, 2.24) is 9.80 Å². The largest absolute Gasteiger partial charge is 0.385 e. The molecule has 0 spiro atoms. The van der Waals surface area contributed by atoms with Gasteiger partial charge < -0.3 is 9.64 Å². The third-order valence-corrected chi connectivity index (χ3v) is 3.14. The number of ether oxygens (including phenoxy) is 1. The maximum absolute atomic E-state index is 11.8. The summed E-state index contributed by atoms with van der Waals surface area (Å²) in [7, 11) is 1.67. The molecule has 1 amide bonds. The number of rotatable bonds is 5. The Hall–Kier alpha value is -0.610. The molecule has 1 saturated heterocycles. The van der Waals surface area contributed by atoms with Gasteiger partial charge in [-0.1, -0.05) is 0 Å². The molecule has 0 aliphatic carbocycles. The van der Waals surface area contributed by atoms with Gasteiger partial charge >= 0.3 is 0 Å². The van der Waals surface area contributed by atoms with Gasteiger partial charge in [0.05, 0.1) is 0 Å². The van der Waals surface area contributed by atoms with Gasteiger partial charge in [0.25, 0.3) is 0 Å².